The van der Waals surface area contributed by atoms with Gasteiger partial charge >= 0.3 is 12.0 Å². The van der Waals surface area contributed by atoms with Gasteiger partial charge in [0.25, 0.3) is 5.91 Å². The van der Waals surface area contributed by atoms with Crippen LogP contribution in [0, 0.1) is 13.8 Å². The monoisotopic (exact) mass is 514 g/mol. The van der Waals surface area contributed by atoms with Crippen molar-refractivity contribution in [2.75, 3.05) is 43.8 Å². The van der Waals surface area contributed by atoms with Gasteiger partial charge in [0.15, 0.2) is 0 Å². The van der Waals surface area contributed by atoms with Gasteiger partial charge in [-0.3, -0.25) is 9.59 Å². The molecule has 3 amide bonds. The first-order valence-corrected chi connectivity index (χ1v) is 11.7. The van der Waals surface area contributed by atoms with Crippen molar-refractivity contribution in [3.63, 3.8) is 0 Å². The number of esters is 1. The quantitative estimate of drug-likeness (QED) is 0.474. The van der Waals surface area contributed by atoms with Gasteiger partial charge in [-0.05, 0) is 55.2 Å². The molecule has 0 aliphatic carbocycles. The lowest BCUT2D eigenvalue weighted by Crippen LogP contribution is -2.39. The van der Waals surface area contributed by atoms with Gasteiger partial charge in [-0.25, -0.2) is 14.1 Å². The highest BCUT2D eigenvalue weighted by atomic mass is 16.6. The lowest BCUT2D eigenvalue weighted by molar-refractivity contribution is -0.142. The van der Waals surface area contributed by atoms with E-state index in [0.29, 0.717) is 44.9 Å². The predicted molar refractivity (Wildman–Crippen MR) is 130 cm³/mol. The van der Waals surface area contributed by atoms with Crippen molar-refractivity contribution < 1.29 is 28.4 Å². The van der Waals surface area contributed by atoms with E-state index in [9.17, 15) is 14.4 Å². The fourth-order valence-corrected chi connectivity index (χ4v) is 3.38. The Kier molecular flexibility index (Phi) is 9.52. The van der Waals surface area contributed by atoms with Crippen LogP contribution in [-0.2, 0) is 16.0 Å². The van der Waals surface area contributed by atoms with Gasteiger partial charge in [0.2, 0.25) is 11.5 Å². The largest absolute Gasteiger partial charge is 0.466 e. The molecule has 2 aromatic heterocycles. The lowest BCUT2D eigenvalue weighted by atomic mass is 10.1. The fraction of sp³-hybridized carbons (Fsp3) is 0.435. The van der Waals surface area contributed by atoms with E-state index in [0.717, 1.165) is 17.0 Å². The number of ether oxygens (including phenoxy) is 1. The molecule has 0 saturated carbocycles. The molecule has 3 heterocycles. The highest BCUT2D eigenvalue weighted by Crippen LogP contribution is 2.14. The summed E-state index contributed by atoms with van der Waals surface area (Å²) < 4.78 is 13.8. The number of nitrogens with two attached hydrogens (primary N) is 1. The van der Waals surface area contributed by atoms with Crippen LogP contribution in [0.4, 0.5) is 16.3 Å². The molecule has 1 aliphatic heterocycles. The van der Waals surface area contributed by atoms with Gasteiger partial charge in [0.1, 0.15) is 11.4 Å². The van der Waals surface area contributed by atoms with Crippen molar-refractivity contribution in [2.24, 2.45) is 0 Å². The Labute approximate surface area is 213 Å². The van der Waals surface area contributed by atoms with Crippen LogP contribution < -0.4 is 11.1 Å². The third-order valence-corrected chi connectivity index (χ3v) is 5.52. The number of rotatable bonds is 5. The molecule has 3 aromatic rings. The van der Waals surface area contributed by atoms with E-state index in [1.54, 1.807) is 41.0 Å². The molecule has 0 atom stereocenters. The molecular weight excluding hydrogens is 484 g/mol. The Bertz CT molecular complexity index is 1180. The Morgan fingerprint density at radius 1 is 0.946 bits per heavy atom. The maximum Gasteiger partial charge on any atom is 0.321 e. The third-order valence-electron chi connectivity index (χ3n) is 5.52. The number of nitrogens with zero attached hydrogens (tertiary/aromatic N) is 6. The second kappa shape index (κ2) is 13.0. The molecule has 37 heavy (non-hydrogen) atoms. The highest BCUT2D eigenvalue weighted by Gasteiger charge is 2.26. The number of hydrogen-bond donors (Lipinski definition) is 2. The van der Waals surface area contributed by atoms with Crippen molar-refractivity contribution in [3.05, 3.63) is 46.9 Å². The number of amides is 3. The number of urea groups is 1. The van der Waals surface area contributed by atoms with E-state index in [1.807, 2.05) is 13.8 Å². The summed E-state index contributed by atoms with van der Waals surface area (Å²) in [4.78, 5) is 39.8. The maximum absolute atomic E-state index is 12.6. The van der Waals surface area contributed by atoms with Crippen molar-refractivity contribution in [1.29, 1.82) is 0 Å². The molecule has 4 rings (SSSR count). The predicted octanol–water partition coefficient (Wildman–Crippen LogP) is 1.82. The second-order valence-corrected chi connectivity index (χ2v) is 8.17. The van der Waals surface area contributed by atoms with Crippen molar-refractivity contribution >= 4 is 29.4 Å². The van der Waals surface area contributed by atoms with Crippen LogP contribution in [0.15, 0.2) is 33.5 Å². The molecule has 198 valence electrons. The lowest BCUT2D eigenvalue weighted by Gasteiger charge is -2.22. The van der Waals surface area contributed by atoms with Gasteiger partial charge in [-0.2, -0.15) is 0 Å². The Hall–Kier alpha value is -4.49. The molecule has 3 N–H and O–H groups in total. The van der Waals surface area contributed by atoms with Gasteiger partial charge in [0.05, 0.1) is 13.0 Å². The summed E-state index contributed by atoms with van der Waals surface area (Å²) in [6.07, 6.45) is 0.798. The highest BCUT2D eigenvalue weighted by molar-refractivity contribution is 5.96. The van der Waals surface area contributed by atoms with E-state index < -0.39 is 0 Å². The van der Waals surface area contributed by atoms with Crippen molar-refractivity contribution in [2.45, 2.75) is 33.6 Å². The third kappa shape index (κ3) is 7.75. The Balaban J connectivity index is 0.000000468. The van der Waals surface area contributed by atoms with Gasteiger partial charge < -0.3 is 25.6 Å². The summed E-state index contributed by atoms with van der Waals surface area (Å²) in [6, 6.07) is 6.75. The summed E-state index contributed by atoms with van der Waals surface area (Å²) in [5.41, 5.74) is 8.71. The molecule has 1 saturated heterocycles. The number of anilines is 2. The fourth-order valence-electron chi connectivity index (χ4n) is 3.38. The number of nitrogens with one attached hydrogen (secondary N) is 1. The van der Waals surface area contributed by atoms with Crippen LogP contribution in [0.1, 0.15) is 40.8 Å². The molecule has 0 unspecified atom stereocenters. The molecule has 1 fully saturated rings. The number of carbonyl (C=O) groups is 3. The molecule has 14 nitrogen and oxygen atoms in total. The first kappa shape index (κ1) is 27.1. The molecule has 0 spiro atoms. The minimum absolute atomic E-state index is 0.0178. The Morgan fingerprint density at radius 2 is 1.57 bits per heavy atom. The summed E-state index contributed by atoms with van der Waals surface area (Å²) in [5.74, 6) is -0.709. The second-order valence-electron chi connectivity index (χ2n) is 8.17. The van der Waals surface area contributed by atoms with Gasteiger partial charge in [-0.1, -0.05) is 22.4 Å². The van der Waals surface area contributed by atoms with Crippen molar-refractivity contribution in [3.8, 4) is 0 Å². The van der Waals surface area contributed by atoms with Crippen LogP contribution in [0.25, 0.3) is 0 Å². The Morgan fingerprint density at radius 3 is 2.14 bits per heavy atom. The number of nitrogen functional groups attached to an aromatic ring is 1. The van der Waals surface area contributed by atoms with E-state index in [-0.39, 0.29) is 35.8 Å². The molecule has 0 bridgehead atoms. The average molecular weight is 515 g/mol. The minimum Gasteiger partial charge on any atom is -0.466 e. The first-order valence-electron chi connectivity index (χ1n) is 11.7. The molecular formula is C23H30N8O6. The SMILES string of the molecule is CCOC(=O)Cc1ccc(NC(=O)N2CCCN(C(=O)c3nonc3N)CC2)cc1.Cc1nonc1C. The van der Waals surface area contributed by atoms with Crippen LogP contribution in [0.3, 0.4) is 0 Å². The topological polar surface area (TPSA) is 183 Å². The van der Waals surface area contributed by atoms with Gasteiger partial charge in [-0.15, -0.1) is 0 Å². The molecule has 1 aromatic carbocycles. The van der Waals surface area contributed by atoms with Crippen molar-refractivity contribution in [1.82, 2.24) is 30.4 Å². The van der Waals surface area contributed by atoms with E-state index in [4.69, 9.17) is 10.5 Å². The number of carbonyl (C=O) groups excluding carboxylic acids is 3. The van der Waals surface area contributed by atoms with Crippen LogP contribution in [0.5, 0.6) is 0 Å². The van der Waals surface area contributed by atoms with Gasteiger partial charge in [0, 0.05) is 31.9 Å². The van der Waals surface area contributed by atoms with E-state index in [1.165, 1.54) is 0 Å². The zero-order valence-electron chi connectivity index (χ0n) is 21.0. The molecule has 1 aliphatic rings. The summed E-state index contributed by atoms with van der Waals surface area (Å²) in [6.45, 7) is 7.49. The zero-order chi connectivity index (χ0) is 26.8. The normalized spacial score (nSPS) is 13.3. The van der Waals surface area contributed by atoms with E-state index in [2.05, 4.69) is 35.2 Å². The maximum atomic E-state index is 12.6. The van der Waals surface area contributed by atoms with E-state index >= 15 is 0 Å². The van der Waals surface area contributed by atoms with Crippen LogP contribution in [0.2, 0.25) is 0 Å². The average Bonchev–Trinajstić information content (AvgIpc) is 3.37. The standard InChI is InChI=1S/C19H24N6O5.C4H6N2O/c1-2-29-15(26)12-13-4-6-14(7-5-13)21-19(28)25-9-3-8-24(10-11-25)18(27)16-17(20)23-30-22-16;1-3-4(2)6-7-5-3/h4-7H,2-3,8-12H2,1H3,(H2,20,23)(H,21,28);1-2H3. The summed E-state index contributed by atoms with van der Waals surface area (Å²) in [7, 11) is 0. The van der Waals surface area contributed by atoms with Crippen LogP contribution in [-0.4, -0.2) is 81.1 Å². The number of aryl methyl sites for hydroxylation is 2. The number of hydrogen-bond acceptors (Lipinski definition) is 11. The number of benzene rings is 1. The minimum atomic E-state index is -0.367. The molecule has 14 heteroatoms. The summed E-state index contributed by atoms with van der Waals surface area (Å²) in [5, 5.41) is 16.9. The molecule has 0 radical (unpaired) electrons. The summed E-state index contributed by atoms with van der Waals surface area (Å²) >= 11 is 0. The zero-order valence-corrected chi connectivity index (χ0v) is 21.0. The first-order chi connectivity index (χ1) is 17.8. The smallest absolute Gasteiger partial charge is 0.321 e. The number of aromatic nitrogens is 4. The van der Waals surface area contributed by atoms with Crippen LogP contribution >= 0.6 is 0 Å².